The highest BCUT2D eigenvalue weighted by molar-refractivity contribution is 6.20. The van der Waals surface area contributed by atoms with Gasteiger partial charge in [0.25, 0.3) is 0 Å². The summed E-state index contributed by atoms with van der Waals surface area (Å²) in [4.78, 5) is 0. The van der Waals surface area contributed by atoms with Crippen LogP contribution < -0.4 is 0 Å². The molecule has 0 aromatic rings. The molecule has 0 aliphatic carbocycles. The number of halogens is 1. The molecule has 0 heterocycles. The Morgan fingerprint density at radius 2 is 2.33 bits per heavy atom. The number of hydrogen-bond acceptors (Lipinski definition) is 0. The van der Waals surface area contributed by atoms with Crippen molar-refractivity contribution in [1.82, 2.24) is 0 Å². The summed E-state index contributed by atoms with van der Waals surface area (Å²) in [5.41, 5.74) is 0. The fourth-order valence-corrected chi connectivity index (χ4v) is 1.00. The Hall–Kier alpha value is 0.0300. The van der Waals surface area contributed by atoms with Gasteiger partial charge in [0.05, 0.1) is 0 Å². The molecule has 0 aliphatic rings. The van der Waals surface area contributed by atoms with E-state index < -0.39 is 0 Å². The van der Waals surface area contributed by atoms with Crippen molar-refractivity contribution < 1.29 is 0 Å². The average molecular weight is 147 g/mol. The Balaban J connectivity index is 3.04. The monoisotopic (exact) mass is 146 g/mol. The van der Waals surface area contributed by atoms with Crippen LogP contribution in [0.2, 0.25) is 0 Å². The Labute approximate surface area is 62.9 Å². The van der Waals surface area contributed by atoms with Crippen molar-refractivity contribution in [1.29, 1.82) is 0 Å². The highest BCUT2D eigenvalue weighted by atomic mass is 35.5. The van der Waals surface area contributed by atoms with Crippen LogP contribution in [0.5, 0.6) is 0 Å². The molecule has 0 rings (SSSR count). The minimum atomic E-state index is 0.322. The van der Waals surface area contributed by atoms with Crippen LogP contribution in [0.15, 0.2) is 12.7 Å². The molecule has 9 heavy (non-hydrogen) atoms. The predicted molar refractivity (Wildman–Crippen MR) is 44.0 cm³/mol. The van der Waals surface area contributed by atoms with E-state index in [4.69, 9.17) is 11.6 Å². The molecule has 54 valence electrons. The van der Waals surface area contributed by atoms with Crippen LogP contribution in [-0.2, 0) is 0 Å². The van der Waals surface area contributed by atoms with Gasteiger partial charge in [0.1, 0.15) is 0 Å². The molecule has 1 atom stereocenters. The third-order valence-electron chi connectivity index (χ3n) is 1.29. The lowest BCUT2D eigenvalue weighted by atomic mass is 10.1. The minimum Gasteiger partial charge on any atom is -0.123 e. The van der Waals surface area contributed by atoms with Gasteiger partial charge in [0, 0.05) is 5.38 Å². The minimum absolute atomic E-state index is 0.322. The van der Waals surface area contributed by atoms with Crippen LogP contribution in [0, 0.1) is 0 Å². The lowest BCUT2D eigenvalue weighted by Crippen LogP contribution is -1.94. The first-order valence-electron chi connectivity index (χ1n) is 3.56. The fraction of sp³-hybridized carbons (Fsp3) is 0.750. The van der Waals surface area contributed by atoms with Gasteiger partial charge in [-0.1, -0.05) is 25.8 Å². The smallest absolute Gasteiger partial charge is 0.0370 e. The van der Waals surface area contributed by atoms with Gasteiger partial charge < -0.3 is 0 Å². The lowest BCUT2D eigenvalue weighted by Gasteiger charge is -2.02. The summed E-state index contributed by atoms with van der Waals surface area (Å²) in [6.45, 7) is 5.80. The van der Waals surface area contributed by atoms with Crippen LogP contribution >= 0.6 is 11.6 Å². The van der Waals surface area contributed by atoms with Crippen LogP contribution in [-0.4, -0.2) is 5.38 Å². The van der Waals surface area contributed by atoms with Gasteiger partial charge in [-0.05, 0) is 12.8 Å². The summed E-state index contributed by atoms with van der Waals surface area (Å²) >= 11 is 5.89. The lowest BCUT2D eigenvalue weighted by molar-refractivity contribution is 0.682. The molecule has 0 spiro atoms. The second-order valence-corrected chi connectivity index (χ2v) is 2.88. The zero-order valence-electron chi connectivity index (χ0n) is 6.07. The van der Waals surface area contributed by atoms with E-state index in [2.05, 4.69) is 13.5 Å². The van der Waals surface area contributed by atoms with E-state index in [1.165, 1.54) is 12.8 Å². The topological polar surface area (TPSA) is 0 Å². The molecule has 0 radical (unpaired) electrons. The molecule has 0 saturated carbocycles. The van der Waals surface area contributed by atoms with Gasteiger partial charge >= 0.3 is 0 Å². The molecule has 0 aliphatic heterocycles. The standard InChI is InChI=1S/C8H15Cl/c1-3-5-7-8(9)6-4-2/h4,8H,2-3,5-7H2,1H3. The summed E-state index contributed by atoms with van der Waals surface area (Å²) in [6.07, 6.45) is 6.43. The van der Waals surface area contributed by atoms with Gasteiger partial charge in [0.15, 0.2) is 0 Å². The summed E-state index contributed by atoms with van der Waals surface area (Å²) in [5.74, 6) is 0. The average Bonchev–Trinajstić information content (AvgIpc) is 1.85. The highest BCUT2D eigenvalue weighted by Crippen LogP contribution is 2.10. The molecular formula is C8H15Cl. The van der Waals surface area contributed by atoms with Crippen molar-refractivity contribution >= 4 is 11.6 Å². The number of unbranched alkanes of at least 4 members (excludes halogenated alkanes) is 1. The maximum atomic E-state index is 5.89. The van der Waals surface area contributed by atoms with Crippen molar-refractivity contribution in [3.8, 4) is 0 Å². The van der Waals surface area contributed by atoms with Crippen molar-refractivity contribution in [2.24, 2.45) is 0 Å². The maximum absolute atomic E-state index is 5.89. The van der Waals surface area contributed by atoms with Crippen molar-refractivity contribution in [2.75, 3.05) is 0 Å². The zero-order chi connectivity index (χ0) is 7.11. The normalized spacial score (nSPS) is 13.1. The third-order valence-corrected chi connectivity index (χ3v) is 1.69. The van der Waals surface area contributed by atoms with E-state index in [9.17, 15) is 0 Å². The molecule has 0 aromatic carbocycles. The van der Waals surface area contributed by atoms with Crippen LogP contribution in [0.1, 0.15) is 32.6 Å². The van der Waals surface area contributed by atoms with Crippen molar-refractivity contribution in [2.45, 2.75) is 38.0 Å². The van der Waals surface area contributed by atoms with Gasteiger partial charge in [-0.2, -0.15) is 0 Å². The second kappa shape index (κ2) is 6.15. The van der Waals surface area contributed by atoms with E-state index >= 15 is 0 Å². The third kappa shape index (κ3) is 5.91. The highest BCUT2D eigenvalue weighted by Gasteiger charge is 1.98. The largest absolute Gasteiger partial charge is 0.123 e. The van der Waals surface area contributed by atoms with Gasteiger partial charge in [-0.25, -0.2) is 0 Å². The molecule has 1 unspecified atom stereocenters. The van der Waals surface area contributed by atoms with Gasteiger partial charge in [-0.15, -0.1) is 18.2 Å². The SMILES string of the molecule is C=CCC(Cl)CCCC. The Morgan fingerprint density at radius 1 is 1.67 bits per heavy atom. The Kier molecular flexibility index (Phi) is 6.18. The number of alkyl halides is 1. The molecule has 0 N–H and O–H groups in total. The number of allylic oxidation sites excluding steroid dienone is 1. The molecule has 0 aromatic heterocycles. The zero-order valence-corrected chi connectivity index (χ0v) is 6.82. The van der Waals surface area contributed by atoms with E-state index in [-0.39, 0.29) is 0 Å². The van der Waals surface area contributed by atoms with Gasteiger partial charge in [-0.3, -0.25) is 0 Å². The molecule has 0 amide bonds. The molecule has 0 saturated heterocycles. The van der Waals surface area contributed by atoms with Crippen LogP contribution in [0.25, 0.3) is 0 Å². The first-order valence-corrected chi connectivity index (χ1v) is 3.99. The predicted octanol–water partition coefficient (Wildman–Crippen LogP) is 3.36. The number of hydrogen-bond donors (Lipinski definition) is 0. The Morgan fingerprint density at radius 3 is 2.78 bits per heavy atom. The van der Waals surface area contributed by atoms with Crippen molar-refractivity contribution in [3.63, 3.8) is 0 Å². The van der Waals surface area contributed by atoms with Crippen LogP contribution in [0.4, 0.5) is 0 Å². The van der Waals surface area contributed by atoms with E-state index in [1.54, 1.807) is 0 Å². The maximum Gasteiger partial charge on any atom is 0.0370 e. The Bertz CT molecular complexity index is 69.0. The summed E-state index contributed by atoms with van der Waals surface area (Å²) in [6, 6.07) is 0. The summed E-state index contributed by atoms with van der Waals surface area (Å²) in [5, 5.41) is 0.322. The fourth-order valence-electron chi connectivity index (χ4n) is 0.724. The number of rotatable bonds is 5. The molecule has 0 nitrogen and oxygen atoms in total. The second-order valence-electron chi connectivity index (χ2n) is 2.26. The summed E-state index contributed by atoms with van der Waals surface area (Å²) < 4.78 is 0. The van der Waals surface area contributed by atoms with Gasteiger partial charge in [0.2, 0.25) is 0 Å². The quantitative estimate of drug-likeness (QED) is 0.412. The van der Waals surface area contributed by atoms with E-state index in [0.29, 0.717) is 5.38 Å². The molecular weight excluding hydrogens is 132 g/mol. The first-order chi connectivity index (χ1) is 4.31. The summed E-state index contributed by atoms with van der Waals surface area (Å²) in [7, 11) is 0. The van der Waals surface area contributed by atoms with Crippen LogP contribution in [0.3, 0.4) is 0 Å². The molecule has 0 bridgehead atoms. The first kappa shape index (κ1) is 9.03. The van der Waals surface area contributed by atoms with Crippen molar-refractivity contribution in [3.05, 3.63) is 12.7 Å². The molecule has 1 heteroatoms. The molecule has 0 fully saturated rings. The van der Waals surface area contributed by atoms with E-state index in [0.717, 1.165) is 12.8 Å². The van der Waals surface area contributed by atoms with E-state index in [1.807, 2.05) is 6.08 Å².